The summed E-state index contributed by atoms with van der Waals surface area (Å²) in [5.74, 6) is 3.03. The predicted molar refractivity (Wildman–Crippen MR) is 116 cm³/mol. The van der Waals surface area contributed by atoms with Gasteiger partial charge in [-0.25, -0.2) is 0 Å². The van der Waals surface area contributed by atoms with Crippen LogP contribution in [0.1, 0.15) is 11.1 Å². The fourth-order valence-electron chi connectivity index (χ4n) is 2.41. The van der Waals surface area contributed by atoms with Gasteiger partial charge in [0.05, 0.1) is 21.9 Å². The van der Waals surface area contributed by atoms with E-state index in [9.17, 15) is 4.57 Å². The van der Waals surface area contributed by atoms with Crippen molar-refractivity contribution in [3.63, 3.8) is 0 Å². The molecule has 2 aromatic carbocycles. The molecule has 1 N–H and O–H groups in total. The molecule has 0 bridgehead atoms. The zero-order valence-corrected chi connectivity index (χ0v) is 16.7. The number of nitrogens with zero attached hydrogens (tertiary/aromatic N) is 1. The summed E-state index contributed by atoms with van der Waals surface area (Å²) in [4.78, 5) is 4.05. The number of rotatable bonds is 6. The molecule has 0 amide bonds. The van der Waals surface area contributed by atoms with Crippen molar-refractivity contribution in [3.05, 3.63) is 108 Å². The van der Waals surface area contributed by atoms with Crippen LogP contribution in [0.15, 0.2) is 96.8 Å². The lowest BCUT2D eigenvalue weighted by atomic mass is 10.2. The third-order valence-corrected chi connectivity index (χ3v) is 6.52. The van der Waals surface area contributed by atoms with Crippen LogP contribution in [0.2, 0.25) is 0 Å². The maximum atomic E-state index is 13.7. The first-order valence-electron chi connectivity index (χ1n) is 8.21. The van der Waals surface area contributed by atoms with Crippen LogP contribution in [-0.4, -0.2) is 4.98 Å². The first-order valence-corrected chi connectivity index (χ1v) is 10.8. The van der Waals surface area contributed by atoms with Gasteiger partial charge in [0.25, 0.3) is 0 Å². The van der Waals surface area contributed by atoms with E-state index < -0.39 is 7.29 Å². The van der Waals surface area contributed by atoms with Crippen LogP contribution in [0.4, 0.5) is 5.69 Å². The van der Waals surface area contributed by atoms with Crippen LogP contribution in [-0.2, 0) is 4.57 Å². The number of aromatic nitrogens is 1. The SMILES string of the molecule is O=P(/C=C(\Cl)c1ccccc1)(/C=C(/Cl)c1ccccc1)Nc1cccnc1. The first kappa shape index (κ1) is 19.4. The van der Waals surface area contributed by atoms with Crippen LogP contribution < -0.4 is 5.09 Å². The summed E-state index contributed by atoms with van der Waals surface area (Å²) in [5, 5.41) is 3.79. The molecule has 1 aromatic heterocycles. The Hall–Kier alpha value is -2.32. The van der Waals surface area contributed by atoms with Crippen LogP contribution in [0, 0.1) is 0 Å². The van der Waals surface area contributed by atoms with Gasteiger partial charge in [0, 0.05) is 17.8 Å². The van der Waals surface area contributed by atoms with Gasteiger partial charge in [0.15, 0.2) is 0 Å². The lowest BCUT2D eigenvalue weighted by molar-refractivity contribution is 0.589. The summed E-state index contributed by atoms with van der Waals surface area (Å²) in [6.45, 7) is 0. The minimum atomic E-state index is -3.26. The third-order valence-electron chi connectivity index (χ3n) is 3.67. The third kappa shape index (κ3) is 5.58. The van der Waals surface area contributed by atoms with Crippen molar-refractivity contribution < 1.29 is 4.57 Å². The Morgan fingerprint density at radius 1 is 0.815 bits per heavy atom. The molecule has 1 heterocycles. The molecule has 0 aliphatic carbocycles. The maximum absolute atomic E-state index is 13.7. The summed E-state index contributed by atoms with van der Waals surface area (Å²) >= 11 is 12.9. The van der Waals surface area contributed by atoms with Crippen molar-refractivity contribution in [1.29, 1.82) is 0 Å². The van der Waals surface area contributed by atoms with Crippen molar-refractivity contribution in [1.82, 2.24) is 4.98 Å². The highest BCUT2D eigenvalue weighted by atomic mass is 35.5. The number of hydrogen-bond acceptors (Lipinski definition) is 2. The van der Waals surface area contributed by atoms with Gasteiger partial charge in [-0.2, -0.15) is 0 Å². The predicted octanol–water partition coefficient (Wildman–Crippen LogP) is 7.25. The summed E-state index contributed by atoms with van der Waals surface area (Å²) in [7, 11) is -3.26. The molecule has 1 atom stereocenters. The Balaban J connectivity index is 2.02. The highest BCUT2D eigenvalue weighted by molar-refractivity contribution is 7.72. The van der Waals surface area contributed by atoms with Crippen LogP contribution in [0.25, 0.3) is 10.1 Å². The van der Waals surface area contributed by atoms with E-state index in [1.165, 1.54) is 11.6 Å². The van der Waals surface area contributed by atoms with E-state index in [1.807, 2.05) is 60.7 Å². The molecule has 3 aromatic rings. The molecule has 6 heteroatoms. The molecule has 0 fully saturated rings. The first-order chi connectivity index (χ1) is 13.1. The molecule has 0 aliphatic rings. The minimum absolute atomic E-state index is 0.379. The smallest absolute Gasteiger partial charge is 0.216 e. The molecule has 0 radical (unpaired) electrons. The van der Waals surface area contributed by atoms with Gasteiger partial charge in [-0.1, -0.05) is 83.9 Å². The van der Waals surface area contributed by atoms with Crippen molar-refractivity contribution >= 4 is 46.2 Å². The van der Waals surface area contributed by atoms with Gasteiger partial charge < -0.3 is 5.09 Å². The Morgan fingerprint density at radius 2 is 1.33 bits per heavy atom. The highest BCUT2D eigenvalue weighted by Crippen LogP contribution is 2.53. The molecular formula is C21H17Cl2N2OP. The Bertz CT molecular complexity index is 931. The van der Waals surface area contributed by atoms with E-state index in [0.29, 0.717) is 15.8 Å². The van der Waals surface area contributed by atoms with Gasteiger partial charge in [-0.05, 0) is 23.3 Å². The molecule has 0 aliphatic heterocycles. The maximum Gasteiger partial charge on any atom is 0.216 e. The highest BCUT2D eigenvalue weighted by Gasteiger charge is 2.19. The lowest BCUT2D eigenvalue weighted by Crippen LogP contribution is -1.94. The molecule has 3 nitrogen and oxygen atoms in total. The molecule has 3 rings (SSSR count). The quantitative estimate of drug-likeness (QED) is 0.431. The monoisotopic (exact) mass is 414 g/mol. The average molecular weight is 415 g/mol. The zero-order valence-electron chi connectivity index (χ0n) is 14.3. The number of nitrogens with one attached hydrogen (secondary N) is 1. The Labute approximate surface area is 168 Å². The Morgan fingerprint density at radius 3 is 1.78 bits per heavy atom. The van der Waals surface area contributed by atoms with Gasteiger partial charge in [0.1, 0.15) is 0 Å². The van der Waals surface area contributed by atoms with Crippen molar-refractivity contribution in [2.24, 2.45) is 0 Å². The number of halogens is 2. The average Bonchev–Trinajstić information content (AvgIpc) is 2.69. The summed E-state index contributed by atoms with van der Waals surface area (Å²) < 4.78 is 13.7. The van der Waals surface area contributed by atoms with E-state index in [1.54, 1.807) is 24.5 Å². The number of hydrogen-bond donors (Lipinski definition) is 1. The molecule has 0 saturated carbocycles. The number of benzene rings is 2. The van der Waals surface area contributed by atoms with E-state index in [0.717, 1.165) is 11.1 Å². The van der Waals surface area contributed by atoms with E-state index in [-0.39, 0.29) is 0 Å². The molecule has 0 saturated heterocycles. The van der Waals surface area contributed by atoms with Gasteiger partial charge >= 0.3 is 0 Å². The molecule has 136 valence electrons. The van der Waals surface area contributed by atoms with Crippen LogP contribution >= 0.6 is 30.5 Å². The molecule has 27 heavy (non-hydrogen) atoms. The van der Waals surface area contributed by atoms with E-state index in [4.69, 9.17) is 23.2 Å². The number of pyridine rings is 1. The Kier molecular flexibility index (Phi) is 6.52. The fourth-order valence-corrected chi connectivity index (χ4v) is 5.25. The van der Waals surface area contributed by atoms with E-state index >= 15 is 0 Å². The van der Waals surface area contributed by atoms with Gasteiger partial charge in [-0.3, -0.25) is 9.55 Å². The molecular weight excluding hydrogens is 398 g/mol. The van der Waals surface area contributed by atoms with Gasteiger partial charge in [0.2, 0.25) is 7.29 Å². The van der Waals surface area contributed by atoms with Gasteiger partial charge in [-0.15, -0.1) is 0 Å². The fraction of sp³-hybridized carbons (Fsp3) is 0. The van der Waals surface area contributed by atoms with Crippen molar-refractivity contribution in [3.8, 4) is 0 Å². The minimum Gasteiger partial charge on any atom is -0.329 e. The van der Waals surface area contributed by atoms with Crippen molar-refractivity contribution in [2.45, 2.75) is 0 Å². The lowest BCUT2D eigenvalue weighted by Gasteiger charge is -2.15. The second kappa shape index (κ2) is 9.05. The summed E-state index contributed by atoms with van der Waals surface area (Å²) in [6, 6.07) is 22.3. The number of anilines is 1. The van der Waals surface area contributed by atoms with Crippen LogP contribution in [0.3, 0.4) is 0 Å². The standard InChI is InChI=1S/C21H17Cl2N2OP/c22-20(17-8-3-1-4-9-17)15-27(26,25-19-12-7-13-24-14-19)16-21(23)18-10-5-2-6-11-18/h1-16H,(H,25,26)/b20-15-,21-16+. The zero-order chi connectivity index (χ0) is 19.1. The second-order valence-electron chi connectivity index (χ2n) is 5.75. The second-order valence-corrected chi connectivity index (χ2v) is 8.72. The molecule has 0 spiro atoms. The normalized spacial score (nSPS) is 14.4. The topological polar surface area (TPSA) is 42.0 Å². The van der Waals surface area contributed by atoms with Crippen molar-refractivity contribution in [2.75, 3.05) is 5.09 Å². The largest absolute Gasteiger partial charge is 0.329 e. The van der Waals surface area contributed by atoms with Crippen LogP contribution in [0.5, 0.6) is 0 Å². The summed E-state index contributed by atoms with van der Waals surface area (Å²) in [5.41, 5.74) is 2.16. The molecule has 1 unspecified atom stereocenters. The summed E-state index contributed by atoms with van der Waals surface area (Å²) in [6.07, 6.45) is 3.25. The van der Waals surface area contributed by atoms with E-state index in [2.05, 4.69) is 10.1 Å².